The minimum atomic E-state index is -0.848. The number of aliphatic carboxylic acids is 1. The number of unbranched alkanes of at least 4 members (excludes halogenated alkanes) is 1. The first-order chi connectivity index (χ1) is 9.63. The number of nitrogens with one attached hydrogen (secondary N) is 1. The summed E-state index contributed by atoms with van der Waals surface area (Å²) in [7, 11) is 0. The molecule has 0 aliphatic carbocycles. The summed E-state index contributed by atoms with van der Waals surface area (Å²) in [5.74, 6) is -0.254. The second-order valence-electron chi connectivity index (χ2n) is 4.87. The predicted molar refractivity (Wildman–Crippen MR) is 78.8 cm³/mol. The minimum absolute atomic E-state index is 0.587. The molecule has 0 aliphatic rings. The molecule has 0 fully saturated rings. The lowest BCUT2D eigenvalue weighted by atomic mass is 10.1. The number of carboxylic acids is 1. The van der Waals surface area contributed by atoms with Crippen LogP contribution >= 0.6 is 0 Å². The van der Waals surface area contributed by atoms with Crippen LogP contribution in [-0.2, 0) is 4.79 Å². The quantitative estimate of drug-likeness (QED) is 0.846. The van der Waals surface area contributed by atoms with Gasteiger partial charge in [0, 0.05) is 5.39 Å². The Hall–Kier alpha value is -2.17. The maximum absolute atomic E-state index is 11.3. The lowest BCUT2D eigenvalue weighted by Gasteiger charge is -2.16. The van der Waals surface area contributed by atoms with E-state index in [-0.39, 0.29) is 0 Å². The van der Waals surface area contributed by atoms with Crippen molar-refractivity contribution in [3.05, 3.63) is 30.1 Å². The van der Waals surface area contributed by atoms with Gasteiger partial charge in [-0.1, -0.05) is 31.9 Å². The van der Waals surface area contributed by atoms with Gasteiger partial charge in [-0.2, -0.15) is 0 Å². The van der Waals surface area contributed by atoms with Crippen LogP contribution in [0.15, 0.2) is 24.5 Å². The predicted octanol–water partition coefficient (Wildman–Crippen LogP) is 2.99. The lowest BCUT2D eigenvalue weighted by Crippen LogP contribution is -2.29. The van der Waals surface area contributed by atoms with Gasteiger partial charge in [0.2, 0.25) is 0 Å². The highest BCUT2D eigenvalue weighted by atomic mass is 16.4. The Balaban J connectivity index is 2.34. The number of carbonyl (C=O) groups is 1. The summed E-state index contributed by atoms with van der Waals surface area (Å²) in [4.78, 5) is 19.8. The SMILES string of the molecule is CCCC[C@H](Nc1ncnc2cccc(C)c12)C(=O)O. The molecule has 0 saturated carbocycles. The van der Waals surface area contributed by atoms with Gasteiger partial charge in [0.1, 0.15) is 18.2 Å². The van der Waals surface area contributed by atoms with Crippen LogP contribution in [0.2, 0.25) is 0 Å². The fraction of sp³-hybridized carbons (Fsp3) is 0.400. The molecule has 0 bridgehead atoms. The highest BCUT2D eigenvalue weighted by Crippen LogP contribution is 2.24. The zero-order valence-corrected chi connectivity index (χ0v) is 11.8. The number of fused-ring (bicyclic) bond motifs is 1. The van der Waals surface area contributed by atoms with Gasteiger partial charge in [-0.25, -0.2) is 14.8 Å². The van der Waals surface area contributed by atoms with Crippen molar-refractivity contribution in [3.8, 4) is 0 Å². The summed E-state index contributed by atoms with van der Waals surface area (Å²) in [5, 5.41) is 13.2. The van der Waals surface area contributed by atoms with Crippen molar-refractivity contribution in [1.82, 2.24) is 9.97 Å². The van der Waals surface area contributed by atoms with Crippen molar-refractivity contribution in [2.75, 3.05) is 5.32 Å². The molecule has 0 spiro atoms. The molecule has 20 heavy (non-hydrogen) atoms. The molecule has 1 aromatic carbocycles. The van der Waals surface area contributed by atoms with Crippen molar-refractivity contribution in [2.45, 2.75) is 39.2 Å². The molecule has 5 nitrogen and oxygen atoms in total. The molecule has 0 saturated heterocycles. The lowest BCUT2D eigenvalue weighted by molar-refractivity contribution is -0.138. The Labute approximate surface area is 118 Å². The van der Waals surface area contributed by atoms with Gasteiger partial charge in [0.05, 0.1) is 5.52 Å². The van der Waals surface area contributed by atoms with E-state index in [0.29, 0.717) is 12.2 Å². The number of hydrogen-bond acceptors (Lipinski definition) is 4. The third kappa shape index (κ3) is 3.04. The minimum Gasteiger partial charge on any atom is -0.480 e. The molecule has 2 N–H and O–H groups in total. The molecule has 0 amide bonds. The Bertz CT molecular complexity index is 608. The van der Waals surface area contributed by atoms with Gasteiger partial charge in [-0.3, -0.25) is 0 Å². The Morgan fingerprint density at radius 3 is 2.90 bits per heavy atom. The number of benzene rings is 1. The van der Waals surface area contributed by atoms with Crippen molar-refractivity contribution in [1.29, 1.82) is 0 Å². The number of rotatable bonds is 6. The van der Waals surface area contributed by atoms with Crippen molar-refractivity contribution < 1.29 is 9.90 Å². The number of nitrogens with zero attached hydrogens (tertiary/aromatic N) is 2. The van der Waals surface area contributed by atoms with Crippen molar-refractivity contribution >= 4 is 22.7 Å². The van der Waals surface area contributed by atoms with Crippen LogP contribution in [-0.4, -0.2) is 27.1 Å². The van der Waals surface area contributed by atoms with Gasteiger partial charge >= 0.3 is 5.97 Å². The summed E-state index contributed by atoms with van der Waals surface area (Å²) in [6.45, 7) is 4.02. The van der Waals surface area contributed by atoms with Gasteiger partial charge in [0.25, 0.3) is 0 Å². The third-order valence-electron chi connectivity index (χ3n) is 3.33. The van der Waals surface area contributed by atoms with E-state index >= 15 is 0 Å². The molecular weight excluding hydrogens is 254 g/mol. The molecular formula is C15H19N3O2. The second kappa shape index (κ2) is 6.32. The smallest absolute Gasteiger partial charge is 0.326 e. The second-order valence-corrected chi connectivity index (χ2v) is 4.87. The topological polar surface area (TPSA) is 75.1 Å². The average molecular weight is 273 g/mol. The molecule has 106 valence electrons. The summed E-state index contributed by atoms with van der Waals surface area (Å²) in [6.07, 6.45) is 3.88. The number of aryl methyl sites for hydroxylation is 1. The largest absolute Gasteiger partial charge is 0.480 e. The van der Waals surface area contributed by atoms with Crippen LogP contribution in [0.3, 0.4) is 0 Å². The zero-order valence-electron chi connectivity index (χ0n) is 11.8. The highest BCUT2D eigenvalue weighted by Gasteiger charge is 2.18. The molecule has 1 heterocycles. The van der Waals surface area contributed by atoms with E-state index in [4.69, 9.17) is 0 Å². The van der Waals surface area contributed by atoms with E-state index in [2.05, 4.69) is 15.3 Å². The first-order valence-electron chi connectivity index (χ1n) is 6.83. The Morgan fingerprint density at radius 1 is 1.40 bits per heavy atom. The van der Waals surface area contributed by atoms with Gasteiger partial charge in [-0.15, -0.1) is 0 Å². The number of aromatic nitrogens is 2. The average Bonchev–Trinajstić information content (AvgIpc) is 2.43. The molecule has 2 rings (SSSR count). The van der Waals surface area contributed by atoms with Gasteiger partial charge in [0.15, 0.2) is 0 Å². The maximum Gasteiger partial charge on any atom is 0.326 e. The first kappa shape index (κ1) is 14.2. The van der Waals surface area contributed by atoms with E-state index in [0.717, 1.165) is 29.3 Å². The summed E-state index contributed by atoms with van der Waals surface area (Å²) in [6, 6.07) is 5.18. The van der Waals surface area contributed by atoms with Crippen LogP contribution in [0.1, 0.15) is 31.7 Å². The van der Waals surface area contributed by atoms with Crippen LogP contribution in [0.25, 0.3) is 10.9 Å². The number of carboxylic acid groups (broad SMARTS) is 1. The first-order valence-corrected chi connectivity index (χ1v) is 6.83. The number of anilines is 1. The normalized spacial score (nSPS) is 12.3. The fourth-order valence-corrected chi connectivity index (χ4v) is 2.22. The molecule has 0 aliphatic heterocycles. The summed E-state index contributed by atoms with van der Waals surface area (Å²) >= 11 is 0. The van der Waals surface area contributed by atoms with Crippen LogP contribution in [0.4, 0.5) is 5.82 Å². The molecule has 0 radical (unpaired) electrons. The summed E-state index contributed by atoms with van der Waals surface area (Å²) < 4.78 is 0. The fourth-order valence-electron chi connectivity index (χ4n) is 2.22. The van der Waals surface area contributed by atoms with E-state index < -0.39 is 12.0 Å². The summed E-state index contributed by atoms with van der Waals surface area (Å²) in [5.41, 5.74) is 1.85. The molecule has 1 aromatic heterocycles. The molecule has 2 aromatic rings. The molecule has 5 heteroatoms. The molecule has 1 atom stereocenters. The standard InChI is InChI=1S/C15H19N3O2/c1-3-4-7-12(15(19)20)18-14-13-10(2)6-5-8-11(13)16-9-17-14/h5-6,8-9,12H,3-4,7H2,1-2H3,(H,19,20)(H,16,17,18)/t12-/m0/s1. The molecule has 0 unspecified atom stereocenters. The van der Waals surface area contributed by atoms with E-state index in [1.54, 1.807) is 0 Å². The van der Waals surface area contributed by atoms with Crippen LogP contribution in [0, 0.1) is 6.92 Å². The Kier molecular flexibility index (Phi) is 4.50. The van der Waals surface area contributed by atoms with Crippen LogP contribution < -0.4 is 5.32 Å². The van der Waals surface area contributed by atoms with Crippen molar-refractivity contribution in [2.24, 2.45) is 0 Å². The van der Waals surface area contributed by atoms with E-state index in [1.807, 2.05) is 32.0 Å². The van der Waals surface area contributed by atoms with Crippen LogP contribution in [0.5, 0.6) is 0 Å². The number of hydrogen-bond donors (Lipinski definition) is 2. The third-order valence-corrected chi connectivity index (χ3v) is 3.33. The maximum atomic E-state index is 11.3. The van der Waals surface area contributed by atoms with E-state index in [1.165, 1.54) is 6.33 Å². The monoisotopic (exact) mass is 273 g/mol. The van der Waals surface area contributed by atoms with Crippen molar-refractivity contribution in [3.63, 3.8) is 0 Å². The Morgan fingerprint density at radius 2 is 2.20 bits per heavy atom. The van der Waals surface area contributed by atoms with Gasteiger partial charge < -0.3 is 10.4 Å². The van der Waals surface area contributed by atoms with Gasteiger partial charge in [-0.05, 0) is 25.0 Å². The van der Waals surface area contributed by atoms with E-state index in [9.17, 15) is 9.90 Å². The highest BCUT2D eigenvalue weighted by molar-refractivity contribution is 5.93. The zero-order chi connectivity index (χ0) is 14.5.